The van der Waals surface area contributed by atoms with Crippen LogP contribution < -0.4 is 0 Å². The first-order valence-electron chi connectivity index (χ1n) is 6.90. The lowest BCUT2D eigenvalue weighted by Crippen LogP contribution is -2.27. The number of rotatable bonds is 3. The van der Waals surface area contributed by atoms with Crippen molar-refractivity contribution < 1.29 is 4.79 Å². The molecule has 3 aromatic rings. The van der Waals surface area contributed by atoms with Crippen LogP contribution in [-0.4, -0.2) is 42.4 Å². The Labute approximate surface area is 127 Å². The van der Waals surface area contributed by atoms with Gasteiger partial charge in [0.15, 0.2) is 0 Å². The highest BCUT2D eigenvalue weighted by Gasteiger charge is 2.19. The van der Waals surface area contributed by atoms with Crippen LogP contribution in [0, 0.1) is 13.8 Å². The third kappa shape index (κ3) is 2.65. The molecule has 0 atom stereocenters. The number of pyridine rings is 1. The van der Waals surface area contributed by atoms with E-state index in [0.29, 0.717) is 12.3 Å². The molecule has 3 heterocycles. The Hall–Kier alpha value is -2.83. The molecule has 22 heavy (non-hydrogen) atoms. The van der Waals surface area contributed by atoms with Gasteiger partial charge in [0, 0.05) is 37.4 Å². The summed E-state index contributed by atoms with van der Waals surface area (Å²) in [6.45, 7) is 4.27. The smallest absolute Gasteiger partial charge is 0.293 e. The van der Waals surface area contributed by atoms with Gasteiger partial charge in [-0.1, -0.05) is 0 Å². The molecule has 0 aliphatic carbocycles. The normalized spacial score (nSPS) is 10.9. The van der Waals surface area contributed by atoms with Gasteiger partial charge in [-0.2, -0.15) is 4.98 Å². The fourth-order valence-corrected chi connectivity index (χ4v) is 2.26. The molecule has 0 saturated carbocycles. The molecule has 0 aliphatic heterocycles. The summed E-state index contributed by atoms with van der Waals surface area (Å²) in [5.74, 6) is 0.357. The second kappa shape index (κ2) is 5.51. The highest BCUT2D eigenvalue weighted by molar-refractivity contribution is 5.90. The van der Waals surface area contributed by atoms with Gasteiger partial charge >= 0.3 is 0 Å². The zero-order valence-corrected chi connectivity index (χ0v) is 12.7. The van der Waals surface area contributed by atoms with E-state index in [4.69, 9.17) is 0 Å². The minimum atomic E-state index is -0.237. The van der Waals surface area contributed by atoms with Crippen LogP contribution >= 0.6 is 0 Å². The highest BCUT2D eigenvalue weighted by atomic mass is 16.2. The fraction of sp³-hybridized carbons (Fsp3) is 0.267. The summed E-state index contributed by atoms with van der Waals surface area (Å²) < 4.78 is 1.58. The maximum absolute atomic E-state index is 12.5. The fourth-order valence-electron chi connectivity index (χ4n) is 2.26. The number of carbonyl (C=O) groups excluding carboxylic acids is 1. The van der Waals surface area contributed by atoms with Crippen molar-refractivity contribution in [2.75, 3.05) is 7.05 Å². The van der Waals surface area contributed by atoms with Crippen LogP contribution in [0.1, 0.15) is 27.6 Å². The molecule has 0 aliphatic rings. The molecule has 0 N–H and O–H groups in total. The van der Waals surface area contributed by atoms with Gasteiger partial charge in [-0.05, 0) is 37.6 Å². The Morgan fingerprint density at radius 1 is 1.23 bits per heavy atom. The number of carbonyl (C=O) groups is 1. The van der Waals surface area contributed by atoms with Crippen molar-refractivity contribution >= 4 is 11.7 Å². The first kappa shape index (κ1) is 14.1. The first-order chi connectivity index (χ1) is 10.5. The molecular formula is C15H16N6O. The van der Waals surface area contributed by atoms with Crippen molar-refractivity contribution in [1.82, 2.24) is 29.5 Å². The van der Waals surface area contributed by atoms with E-state index in [2.05, 4.69) is 20.1 Å². The van der Waals surface area contributed by atoms with Crippen LogP contribution in [0.3, 0.4) is 0 Å². The molecule has 0 saturated heterocycles. The van der Waals surface area contributed by atoms with E-state index in [-0.39, 0.29) is 11.7 Å². The standard InChI is InChI=1S/C15H16N6O/c1-10-8-11(2)21-15(17-10)18-13(19-21)14(22)20(3)9-12-4-6-16-7-5-12/h4-8H,9H2,1-3H3. The Morgan fingerprint density at radius 3 is 2.68 bits per heavy atom. The average molecular weight is 296 g/mol. The van der Waals surface area contributed by atoms with Gasteiger partial charge in [0.2, 0.25) is 5.82 Å². The molecule has 112 valence electrons. The van der Waals surface area contributed by atoms with Gasteiger partial charge in [0.1, 0.15) is 0 Å². The lowest BCUT2D eigenvalue weighted by molar-refractivity contribution is 0.0773. The number of aromatic nitrogens is 5. The Kier molecular flexibility index (Phi) is 3.54. The molecular weight excluding hydrogens is 280 g/mol. The Balaban J connectivity index is 1.87. The van der Waals surface area contributed by atoms with Gasteiger partial charge in [-0.3, -0.25) is 9.78 Å². The monoisotopic (exact) mass is 296 g/mol. The van der Waals surface area contributed by atoms with E-state index in [9.17, 15) is 4.79 Å². The van der Waals surface area contributed by atoms with Crippen molar-refractivity contribution in [3.63, 3.8) is 0 Å². The number of hydrogen-bond donors (Lipinski definition) is 0. The number of aryl methyl sites for hydroxylation is 2. The van der Waals surface area contributed by atoms with E-state index < -0.39 is 0 Å². The van der Waals surface area contributed by atoms with E-state index in [1.807, 2.05) is 32.0 Å². The third-order valence-corrected chi connectivity index (χ3v) is 3.33. The number of nitrogens with zero attached hydrogens (tertiary/aromatic N) is 6. The molecule has 0 aromatic carbocycles. The maximum atomic E-state index is 12.5. The van der Waals surface area contributed by atoms with Crippen LogP contribution in [0.25, 0.3) is 5.78 Å². The zero-order chi connectivity index (χ0) is 15.7. The number of amides is 1. The molecule has 7 nitrogen and oxygen atoms in total. The summed E-state index contributed by atoms with van der Waals surface area (Å²) in [5, 5.41) is 4.26. The van der Waals surface area contributed by atoms with Crippen molar-refractivity contribution in [3.05, 3.63) is 53.4 Å². The Bertz CT molecular complexity index is 827. The average Bonchev–Trinajstić information content (AvgIpc) is 2.91. The van der Waals surface area contributed by atoms with Gasteiger partial charge in [0.25, 0.3) is 11.7 Å². The lowest BCUT2D eigenvalue weighted by atomic mass is 10.2. The molecule has 0 unspecified atom stereocenters. The van der Waals surface area contributed by atoms with Crippen molar-refractivity contribution in [3.8, 4) is 0 Å². The van der Waals surface area contributed by atoms with Crippen LogP contribution in [0.5, 0.6) is 0 Å². The highest BCUT2D eigenvalue weighted by Crippen LogP contribution is 2.08. The molecule has 0 bridgehead atoms. The second-order valence-electron chi connectivity index (χ2n) is 5.20. The Morgan fingerprint density at radius 2 is 1.95 bits per heavy atom. The zero-order valence-electron chi connectivity index (χ0n) is 12.7. The molecule has 0 spiro atoms. The predicted molar refractivity (Wildman–Crippen MR) is 80.3 cm³/mol. The molecule has 3 rings (SSSR count). The number of hydrogen-bond acceptors (Lipinski definition) is 5. The topological polar surface area (TPSA) is 76.3 Å². The van der Waals surface area contributed by atoms with Crippen molar-refractivity contribution in [1.29, 1.82) is 0 Å². The van der Waals surface area contributed by atoms with Crippen molar-refractivity contribution in [2.45, 2.75) is 20.4 Å². The lowest BCUT2D eigenvalue weighted by Gasteiger charge is -2.14. The first-order valence-corrected chi connectivity index (χ1v) is 6.90. The van der Waals surface area contributed by atoms with E-state index in [1.165, 1.54) is 0 Å². The summed E-state index contributed by atoms with van der Waals surface area (Å²) in [5.41, 5.74) is 2.74. The van der Waals surface area contributed by atoms with Gasteiger partial charge in [-0.15, -0.1) is 5.10 Å². The molecule has 7 heteroatoms. The number of fused-ring (bicyclic) bond motifs is 1. The van der Waals surface area contributed by atoms with E-state index >= 15 is 0 Å². The van der Waals surface area contributed by atoms with Gasteiger partial charge < -0.3 is 4.90 Å². The van der Waals surface area contributed by atoms with Crippen LogP contribution in [0.15, 0.2) is 30.6 Å². The summed E-state index contributed by atoms with van der Waals surface area (Å²) in [6.07, 6.45) is 3.40. The minimum absolute atomic E-state index is 0.151. The summed E-state index contributed by atoms with van der Waals surface area (Å²) in [6, 6.07) is 5.64. The molecule has 3 aromatic heterocycles. The molecule has 0 fully saturated rings. The largest absolute Gasteiger partial charge is 0.335 e. The predicted octanol–water partition coefficient (Wildman–Crippen LogP) is 1.41. The van der Waals surface area contributed by atoms with Gasteiger partial charge in [-0.25, -0.2) is 9.50 Å². The summed E-state index contributed by atoms with van der Waals surface area (Å²) in [7, 11) is 1.72. The van der Waals surface area contributed by atoms with E-state index in [0.717, 1.165) is 17.0 Å². The maximum Gasteiger partial charge on any atom is 0.293 e. The van der Waals surface area contributed by atoms with Gasteiger partial charge in [0.05, 0.1) is 0 Å². The quantitative estimate of drug-likeness (QED) is 0.730. The molecule has 0 radical (unpaired) electrons. The van der Waals surface area contributed by atoms with Crippen LogP contribution in [-0.2, 0) is 6.54 Å². The third-order valence-electron chi connectivity index (χ3n) is 3.33. The van der Waals surface area contributed by atoms with Crippen LogP contribution in [0.4, 0.5) is 0 Å². The second-order valence-corrected chi connectivity index (χ2v) is 5.20. The summed E-state index contributed by atoms with van der Waals surface area (Å²) in [4.78, 5) is 26.5. The van der Waals surface area contributed by atoms with E-state index in [1.54, 1.807) is 28.9 Å². The van der Waals surface area contributed by atoms with Crippen LogP contribution in [0.2, 0.25) is 0 Å². The van der Waals surface area contributed by atoms with Crippen molar-refractivity contribution in [2.24, 2.45) is 0 Å². The summed E-state index contributed by atoms with van der Waals surface area (Å²) >= 11 is 0. The minimum Gasteiger partial charge on any atom is -0.335 e. The SMILES string of the molecule is Cc1cc(C)n2nc(C(=O)N(C)Cc3ccncc3)nc2n1. The molecule has 1 amide bonds.